The van der Waals surface area contributed by atoms with Gasteiger partial charge in [0, 0.05) is 18.0 Å². The monoisotopic (exact) mass is 305 g/mol. The van der Waals surface area contributed by atoms with Crippen molar-refractivity contribution in [2.45, 2.75) is 66.0 Å². The number of hydrogen-bond acceptors (Lipinski definition) is 3. The van der Waals surface area contributed by atoms with E-state index in [4.69, 9.17) is 4.74 Å². The fourth-order valence-corrected chi connectivity index (χ4v) is 2.23. The Morgan fingerprint density at radius 3 is 2.36 bits per heavy atom. The smallest absolute Gasteiger partial charge is 0.407 e. The van der Waals surface area contributed by atoms with Crippen LogP contribution in [0.4, 0.5) is 4.79 Å². The van der Waals surface area contributed by atoms with Crippen LogP contribution < -0.4 is 5.32 Å². The Morgan fingerprint density at radius 2 is 1.86 bits per heavy atom. The molecule has 1 unspecified atom stereocenters. The predicted molar refractivity (Wildman–Crippen MR) is 88.3 cm³/mol. The number of rotatable bonds is 5. The predicted octanol–water partition coefficient (Wildman–Crippen LogP) is 4.18. The third kappa shape index (κ3) is 5.88. The van der Waals surface area contributed by atoms with E-state index in [1.807, 2.05) is 59.7 Å². The number of amides is 1. The van der Waals surface area contributed by atoms with Crippen molar-refractivity contribution in [1.29, 1.82) is 0 Å². The summed E-state index contributed by atoms with van der Waals surface area (Å²) in [4.78, 5) is 24.2. The lowest BCUT2D eigenvalue weighted by molar-refractivity contribution is 0.0500. The maximum Gasteiger partial charge on any atom is 0.407 e. The molecular weight excluding hydrogens is 278 g/mol. The van der Waals surface area contributed by atoms with E-state index in [2.05, 4.69) is 5.32 Å². The van der Waals surface area contributed by atoms with Crippen molar-refractivity contribution in [3.05, 3.63) is 34.9 Å². The highest BCUT2D eigenvalue weighted by Crippen LogP contribution is 2.15. The molecule has 1 aromatic carbocycles. The second-order valence-electron chi connectivity index (χ2n) is 6.70. The standard InChI is InChI=1S/C18H27NO3/c1-7-14(19-17(21)22-18(4,5)6)11-16(20)15-9-8-12(2)10-13(15)3/h8-10,14H,7,11H2,1-6H3,(H,19,21). The van der Waals surface area contributed by atoms with Gasteiger partial charge in [0.15, 0.2) is 5.78 Å². The van der Waals surface area contributed by atoms with Crippen LogP contribution in [0.1, 0.15) is 62.0 Å². The van der Waals surface area contributed by atoms with Crippen LogP contribution in [0.3, 0.4) is 0 Å². The first kappa shape index (κ1) is 18.2. The van der Waals surface area contributed by atoms with E-state index in [-0.39, 0.29) is 18.2 Å². The molecule has 0 aromatic heterocycles. The maximum absolute atomic E-state index is 12.4. The van der Waals surface area contributed by atoms with E-state index < -0.39 is 11.7 Å². The van der Waals surface area contributed by atoms with Gasteiger partial charge in [-0.3, -0.25) is 4.79 Å². The summed E-state index contributed by atoms with van der Waals surface area (Å²) in [6.45, 7) is 11.3. The highest BCUT2D eigenvalue weighted by molar-refractivity contribution is 5.98. The lowest BCUT2D eigenvalue weighted by Gasteiger charge is -2.23. The zero-order chi connectivity index (χ0) is 16.9. The third-order valence-corrected chi connectivity index (χ3v) is 3.33. The molecule has 1 aromatic rings. The Balaban J connectivity index is 2.69. The molecule has 0 saturated carbocycles. The topological polar surface area (TPSA) is 55.4 Å². The largest absolute Gasteiger partial charge is 0.444 e. The molecule has 4 heteroatoms. The molecule has 1 atom stereocenters. The van der Waals surface area contributed by atoms with Gasteiger partial charge in [-0.1, -0.05) is 30.7 Å². The summed E-state index contributed by atoms with van der Waals surface area (Å²) in [6.07, 6.45) is 0.475. The molecule has 0 aliphatic heterocycles. The lowest BCUT2D eigenvalue weighted by atomic mass is 9.97. The average molecular weight is 305 g/mol. The molecule has 0 aliphatic rings. The van der Waals surface area contributed by atoms with E-state index in [1.165, 1.54) is 0 Å². The summed E-state index contributed by atoms with van der Waals surface area (Å²) in [5.74, 6) is 0.0420. The Hall–Kier alpha value is -1.84. The number of ether oxygens (including phenoxy) is 1. The molecular formula is C18H27NO3. The van der Waals surface area contributed by atoms with Crippen molar-refractivity contribution in [2.24, 2.45) is 0 Å². The Kier molecular flexibility index (Phi) is 6.15. The molecule has 22 heavy (non-hydrogen) atoms. The second kappa shape index (κ2) is 7.43. The van der Waals surface area contributed by atoms with Crippen molar-refractivity contribution in [2.75, 3.05) is 0 Å². The summed E-state index contributed by atoms with van der Waals surface area (Å²) < 4.78 is 5.24. The molecule has 0 radical (unpaired) electrons. The van der Waals surface area contributed by atoms with Gasteiger partial charge in [0.1, 0.15) is 5.60 Å². The molecule has 122 valence electrons. The number of Topliss-reactive ketones (excluding diaryl/α,β-unsaturated/α-hetero) is 1. The van der Waals surface area contributed by atoms with Crippen molar-refractivity contribution in [3.8, 4) is 0 Å². The first-order chi connectivity index (χ1) is 10.1. The molecule has 1 rings (SSSR count). The van der Waals surface area contributed by atoms with Gasteiger partial charge >= 0.3 is 6.09 Å². The maximum atomic E-state index is 12.4. The molecule has 0 bridgehead atoms. The van der Waals surface area contributed by atoms with Gasteiger partial charge in [0.25, 0.3) is 0 Å². The number of nitrogens with one attached hydrogen (secondary N) is 1. The molecule has 0 spiro atoms. The van der Waals surface area contributed by atoms with Crippen LogP contribution in [0.25, 0.3) is 0 Å². The van der Waals surface area contributed by atoms with Crippen LogP contribution in [0.5, 0.6) is 0 Å². The Bertz CT molecular complexity index is 544. The van der Waals surface area contributed by atoms with E-state index in [1.54, 1.807) is 0 Å². The van der Waals surface area contributed by atoms with Gasteiger partial charge in [-0.15, -0.1) is 0 Å². The number of hydrogen-bond donors (Lipinski definition) is 1. The number of benzene rings is 1. The number of carbonyl (C=O) groups is 2. The van der Waals surface area contributed by atoms with Crippen LogP contribution in [0.15, 0.2) is 18.2 Å². The molecule has 1 amide bonds. The fourth-order valence-electron chi connectivity index (χ4n) is 2.23. The number of ketones is 1. The molecule has 1 N–H and O–H groups in total. The lowest BCUT2D eigenvalue weighted by Crippen LogP contribution is -2.39. The van der Waals surface area contributed by atoms with E-state index in [0.717, 1.165) is 16.7 Å². The van der Waals surface area contributed by atoms with Crippen molar-refractivity contribution < 1.29 is 14.3 Å². The fraction of sp³-hybridized carbons (Fsp3) is 0.556. The summed E-state index contributed by atoms with van der Waals surface area (Å²) in [6, 6.07) is 5.56. The first-order valence-corrected chi connectivity index (χ1v) is 7.72. The average Bonchev–Trinajstić information content (AvgIpc) is 2.35. The SMILES string of the molecule is CCC(CC(=O)c1ccc(C)cc1C)NC(=O)OC(C)(C)C. The number of alkyl carbamates (subject to hydrolysis) is 1. The summed E-state index contributed by atoms with van der Waals surface area (Å²) in [7, 11) is 0. The summed E-state index contributed by atoms with van der Waals surface area (Å²) >= 11 is 0. The minimum absolute atomic E-state index is 0.0420. The van der Waals surface area contributed by atoms with Crippen LogP contribution in [-0.2, 0) is 4.74 Å². The summed E-state index contributed by atoms with van der Waals surface area (Å²) in [5, 5.41) is 2.77. The molecule has 4 nitrogen and oxygen atoms in total. The zero-order valence-electron chi connectivity index (χ0n) is 14.4. The highest BCUT2D eigenvalue weighted by atomic mass is 16.6. The van der Waals surface area contributed by atoms with Gasteiger partial charge in [0.05, 0.1) is 0 Å². The van der Waals surface area contributed by atoms with Crippen LogP contribution in [0, 0.1) is 13.8 Å². The Labute approximate surface area is 133 Å². The first-order valence-electron chi connectivity index (χ1n) is 7.72. The van der Waals surface area contributed by atoms with Crippen LogP contribution >= 0.6 is 0 Å². The number of aryl methyl sites for hydroxylation is 2. The van der Waals surface area contributed by atoms with E-state index in [0.29, 0.717) is 6.42 Å². The highest BCUT2D eigenvalue weighted by Gasteiger charge is 2.21. The van der Waals surface area contributed by atoms with Gasteiger partial charge in [-0.2, -0.15) is 0 Å². The minimum atomic E-state index is -0.542. The van der Waals surface area contributed by atoms with E-state index >= 15 is 0 Å². The van der Waals surface area contributed by atoms with Crippen molar-refractivity contribution in [3.63, 3.8) is 0 Å². The second-order valence-corrected chi connectivity index (χ2v) is 6.70. The van der Waals surface area contributed by atoms with Gasteiger partial charge in [0.2, 0.25) is 0 Å². The molecule has 0 fully saturated rings. The van der Waals surface area contributed by atoms with Crippen LogP contribution in [-0.4, -0.2) is 23.5 Å². The van der Waals surface area contributed by atoms with Gasteiger partial charge < -0.3 is 10.1 Å². The molecule has 0 saturated heterocycles. The van der Waals surface area contributed by atoms with E-state index in [9.17, 15) is 9.59 Å². The third-order valence-electron chi connectivity index (χ3n) is 3.33. The molecule has 0 aliphatic carbocycles. The summed E-state index contributed by atoms with van der Waals surface area (Å²) in [5.41, 5.74) is 2.28. The molecule has 0 heterocycles. The van der Waals surface area contributed by atoms with Crippen molar-refractivity contribution in [1.82, 2.24) is 5.32 Å². The normalized spacial score (nSPS) is 12.6. The van der Waals surface area contributed by atoms with Crippen molar-refractivity contribution >= 4 is 11.9 Å². The Morgan fingerprint density at radius 1 is 1.23 bits per heavy atom. The van der Waals surface area contributed by atoms with Gasteiger partial charge in [-0.25, -0.2) is 4.79 Å². The zero-order valence-corrected chi connectivity index (χ0v) is 14.4. The number of carbonyl (C=O) groups excluding carboxylic acids is 2. The quantitative estimate of drug-likeness (QED) is 0.830. The minimum Gasteiger partial charge on any atom is -0.444 e. The van der Waals surface area contributed by atoms with Crippen LogP contribution in [0.2, 0.25) is 0 Å². The van der Waals surface area contributed by atoms with Gasteiger partial charge in [-0.05, 0) is 46.6 Å².